The van der Waals surface area contributed by atoms with Crippen LogP contribution < -0.4 is 5.73 Å². The molecule has 0 bridgehead atoms. The zero-order chi connectivity index (χ0) is 21.2. The van der Waals surface area contributed by atoms with Gasteiger partial charge in [0.05, 0.1) is 5.54 Å². The molecule has 4 unspecified atom stereocenters. The van der Waals surface area contributed by atoms with E-state index in [-0.39, 0.29) is 24.5 Å². The van der Waals surface area contributed by atoms with E-state index in [1.807, 2.05) is 25.9 Å². The smallest absolute Gasteiger partial charge is 0.265 e. The largest absolute Gasteiger partial charge is 0.319 e. The highest BCUT2D eigenvalue weighted by molar-refractivity contribution is 6.65. The lowest BCUT2D eigenvalue weighted by Crippen LogP contribution is -2.55. The first-order valence-corrected chi connectivity index (χ1v) is 10.7. The van der Waals surface area contributed by atoms with E-state index in [0.717, 1.165) is 23.8 Å². The highest BCUT2D eigenvalue weighted by atomic mass is 35.5. The Balaban J connectivity index is 2.15. The number of aldehydes is 1. The first-order chi connectivity index (χ1) is 13.8. The number of carbonyl (C=O) groups is 1. The number of halogens is 2. The van der Waals surface area contributed by atoms with Crippen molar-refractivity contribution in [1.82, 2.24) is 0 Å². The fourth-order valence-electron chi connectivity index (χ4n) is 4.74. The Bertz CT molecular complexity index is 927. The van der Waals surface area contributed by atoms with Gasteiger partial charge >= 0.3 is 0 Å². The van der Waals surface area contributed by atoms with E-state index < -0.39 is 5.54 Å². The SMILES string of the molecule is CB(C#N)CC1C(c2ccc(C)cc2)C(c2ccc(Cl)cc2Cl)CCC1(N)C=O. The molecule has 1 aliphatic rings. The van der Waals surface area contributed by atoms with Crippen LogP contribution in [0.3, 0.4) is 0 Å². The minimum atomic E-state index is -0.962. The monoisotopic (exact) mass is 426 g/mol. The molecule has 3 rings (SSSR count). The summed E-state index contributed by atoms with van der Waals surface area (Å²) in [6, 6.07) is 14.0. The van der Waals surface area contributed by atoms with Gasteiger partial charge in [-0.25, -0.2) is 5.26 Å². The van der Waals surface area contributed by atoms with Crippen LogP contribution in [0.2, 0.25) is 23.2 Å². The highest BCUT2D eigenvalue weighted by Crippen LogP contribution is 2.53. The Morgan fingerprint density at radius 1 is 1.28 bits per heavy atom. The average Bonchev–Trinajstić information content (AvgIpc) is 2.70. The molecule has 0 spiro atoms. The second kappa shape index (κ2) is 8.92. The van der Waals surface area contributed by atoms with Crippen LogP contribution in [0, 0.1) is 24.1 Å². The maximum Gasteiger partial charge on any atom is 0.265 e. The molecule has 0 radical (unpaired) electrons. The second-order valence-corrected chi connectivity index (χ2v) is 9.19. The number of rotatable bonds is 5. The summed E-state index contributed by atoms with van der Waals surface area (Å²) in [5.74, 6) is 2.22. The van der Waals surface area contributed by atoms with E-state index >= 15 is 0 Å². The third kappa shape index (κ3) is 4.53. The Morgan fingerprint density at radius 3 is 2.55 bits per heavy atom. The fraction of sp³-hybridized carbons (Fsp3) is 0.391. The second-order valence-electron chi connectivity index (χ2n) is 8.35. The van der Waals surface area contributed by atoms with Gasteiger partial charge in [0, 0.05) is 16.0 Å². The number of hydrogen-bond donors (Lipinski definition) is 1. The lowest BCUT2D eigenvalue weighted by atomic mass is 9.43. The Morgan fingerprint density at radius 2 is 1.97 bits per heavy atom. The van der Waals surface area contributed by atoms with Crippen LogP contribution >= 0.6 is 23.2 Å². The van der Waals surface area contributed by atoms with E-state index in [2.05, 4.69) is 30.2 Å². The number of carbonyl (C=O) groups excluding carboxylic acids is 1. The minimum Gasteiger partial charge on any atom is -0.319 e. The third-order valence-corrected chi connectivity index (χ3v) is 6.88. The first kappa shape index (κ1) is 21.9. The molecule has 4 atom stereocenters. The summed E-state index contributed by atoms with van der Waals surface area (Å²) in [5.41, 5.74) is 8.98. The van der Waals surface area contributed by atoms with Crippen LogP contribution in [0.1, 0.15) is 41.4 Å². The molecule has 0 amide bonds. The summed E-state index contributed by atoms with van der Waals surface area (Å²) < 4.78 is 0. The van der Waals surface area contributed by atoms with Crippen molar-refractivity contribution < 1.29 is 4.79 Å². The molecular formula is C23H25BCl2N2O. The molecule has 0 aliphatic heterocycles. The molecule has 6 heteroatoms. The van der Waals surface area contributed by atoms with Gasteiger partial charge in [0.15, 0.2) is 0 Å². The van der Waals surface area contributed by atoms with Crippen LogP contribution in [0.5, 0.6) is 0 Å². The molecule has 1 aliphatic carbocycles. The van der Waals surface area contributed by atoms with E-state index in [1.54, 1.807) is 6.07 Å². The quantitative estimate of drug-likeness (QED) is 0.495. The van der Waals surface area contributed by atoms with Gasteiger partial charge in [-0.05, 0) is 60.8 Å². The average molecular weight is 427 g/mol. The van der Waals surface area contributed by atoms with Gasteiger partial charge in [-0.15, -0.1) is 0 Å². The summed E-state index contributed by atoms with van der Waals surface area (Å²) in [6.07, 6.45) is 2.76. The summed E-state index contributed by atoms with van der Waals surface area (Å²) in [5, 5.41) is 10.7. The van der Waals surface area contributed by atoms with E-state index in [9.17, 15) is 10.1 Å². The normalized spacial score (nSPS) is 26.6. The molecule has 1 saturated carbocycles. The standard InChI is InChI=1S/C23H25BCl2N2O/c1-15-3-5-16(6-4-15)22-19(18-8-7-17(25)11-21(18)26)9-10-23(28,13-29)20(22)12-24(2)14-27/h3-8,11,13,19-20,22H,9-10,12,28H2,1-2H3. The van der Waals surface area contributed by atoms with Gasteiger partial charge in [0.2, 0.25) is 0 Å². The third-order valence-electron chi connectivity index (χ3n) is 6.32. The number of aryl methyl sites for hydroxylation is 1. The lowest BCUT2D eigenvalue weighted by molar-refractivity contribution is -0.115. The molecule has 1 fully saturated rings. The van der Waals surface area contributed by atoms with Crippen molar-refractivity contribution in [2.45, 2.75) is 50.3 Å². The molecule has 2 N–H and O–H groups in total. The topological polar surface area (TPSA) is 66.9 Å². The maximum absolute atomic E-state index is 12.1. The predicted octanol–water partition coefficient (Wildman–Crippen LogP) is 5.66. The van der Waals surface area contributed by atoms with Gasteiger partial charge < -0.3 is 10.5 Å². The van der Waals surface area contributed by atoms with Crippen LogP contribution in [0.25, 0.3) is 0 Å². The highest BCUT2D eigenvalue weighted by Gasteiger charge is 2.49. The molecule has 150 valence electrons. The summed E-state index contributed by atoms with van der Waals surface area (Å²) >= 11 is 12.7. The maximum atomic E-state index is 12.1. The summed E-state index contributed by atoms with van der Waals surface area (Å²) in [6.45, 7) is 3.73. The van der Waals surface area contributed by atoms with Crippen molar-refractivity contribution in [2.75, 3.05) is 0 Å². The van der Waals surface area contributed by atoms with Gasteiger partial charge in [0.1, 0.15) is 6.29 Å². The molecule has 3 nitrogen and oxygen atoms in total. The van der Waals surface area contributed by atoms with Gasteiger partial charge in [-0.1, -0.05) is 72.2 Å². The fourth-order valence-corrected chi connectivity index (χ4v) is 5.28. The molecule has 2 aromatic rings. The van der Waals surface area contributed by atoms with Crippen molar-refractivity contribution in [3.63, 3.8) is 0 Å². The number of nitriles is 1. The van der Waals surface area contributed by atoms with E-state index in [4.69, 9.17) is 28.9 Å². The minimum absolute atomic E-state index is 0.0194. The van der Waals surface area contributed by atoms with Crippen molar-refractivity contribution >= 4 is 36.2 Å². The zero-order valence-electron chi connectivity index (χ0n) is 16.7. The Hall–Kier alpha value is -1.80. The Kier molecular flexibility index (Phi) is 6.74. The Labute approximate surface area is 183 Å². The molecule has 0 heterocycles. The van der Waals surface area contributed by atoms with E-state index in [1.165, 1.54) is 5.56 Å². The molecule has 29 heavy (non-hydrogen) atoms. The van der Waals surface area contributed by atoms with Crippen molar-refractivity contribution in [3.8, 4) is 5.97 Å². The summed E-state index contributed by atoms with van der Waals surface area (Å²) in [4.78, 5) is 12.1. The molecule has 2 aromatic carbocycles. The number of nitrogens with two attached hydrogens (primary N) is 1. The number of nitrogens with zero attached hydrogens (tertiary/aromatic N) is 1. The van der Waals surface area contributed by atoms with Crippen LogP contribution in [-0.2, 0) is 4.79 Å². The lowest BCUT2D eigenvalue weighted by Gasteiger charge is -2.48. The molecule has 0 aromatic heterocycles. The predicted molar refractivity (Wildman–Crippen MR) is 121 cm³/mol. The van der Waals surface area contributed by atoms with Crippen LogP contribution in [0.4, 0.5) is 0 Å². The van der Waals surface area contributed by atoms with Crippen molar-refractivity contribution in [3.05, 3.63) is 69.2 Å². The van der Waals surface area contributed by atoms with Crippen LogP contribution in [-0.4, -0.2) is 18.5 Å². The summed E-state index contributed by atoms with van der Waals surface area (Å²) in [7, 11) is 0. The molecule has 0 saturated heterocycles. The van der Waals surface area contributed by atoms with Crippen LogP contribution in [0.15, 0.2) is 42.5 Å². The first-order valence-electron chi connectivity index (χ1n) is 9.95. The number of benzene rings is 2. The van der Waals surface area contributed by atoms with Crippen molar-refractivity contribution in [2.24, 2.45) is 11.7 Å². The van der Waals surface area contributed by atoms with E-state index in [0.29, 0.717) is 22.8 Å². The number of hydrogen-bond acceptors (Lipinski definition) is 3. The zero-order valence-corrected chi connectivity index (χ0v) is 18.3. The van der Waals surface area contributed by atoms with Gasteiger partial charge in [0.25, 0.3) is 6.71 Å². The molecular weight excluding hydrogens is 402 g/mol. The van der Waals surface area contributed by atoms with Gasteiger partial charge in [-0.2, -0.15) is 0 Å². The van der Waals surface area contributed by atoms with Gasteiger partial charge in [-0.3, -0.25) is 0 Å². The van der Waals surface area contributed by atoms with Crippen molar-refractivity contribution in [1.29, 1.82) is 5.26 Å².